The van der Waals surface area contributed by atoms with Gasteiger partial charge in [-0.15, -0.1) is 0 Å². The quantitative estimate of drug-likeness (QED) is 0.602. The fourth-order valence-corrected chi connectivity index (χ4v) is 3.64. The van der Waals surface area contributed by atoms with Crippen LogP contribution in [0, 0.1) is 6.92 Å². The summed E-state index contributed by atoms with van der Waals surface area (Å²) < 4.78 is 3.58. The van der Waals surface area contributed by atoms with Gasteiger partial charge in [-0.1, -0.05) is 15.9 Å². The number of aryl methyl sites for hydroxylation is 1. The number of amides is 1. The molecular formula is C17H16Br2N4O. The molecule has 0 spiro atoms. The van der Waals surface area contributed by atoms with E-state index in [1.54, 1.807) is 12.3 Å². The van der Waals surface area contributed by atoms with E-state index in [4.69, 9.17) is 0 Å². The molecule has 0 radical (unpaired) electrons. The van der Waals surface area contributed by atoms with E-state index in [9.17, 15) is 4.79 Å². The van der Waals surface area contributed by atoms with Gasteiger partial charge >= 0.3 is 0 Å². The molecule has 0 unspecified atom stereocenters. The molecule has 0 saturated heterocycles. The third-order valence-corrected chi connectivity index (χ3v) is 4.76. The lowest BCUT2D eigenvalue weighted by molar-refractivity contribution is 0.102. The van der Waals surface area contributed by atoms with E-state index in [0.29, 0.717) is 11.3 Å². The van der Waals surface area contributed by atoms with Crippen LogP contribution in [-0.2, 0) is 0 Å². The summed E-state index contributed by atoms with van der Waals surface area (Å²) in [4.78, 5) is 17.3. The molecule has 124 valence electrons. The fraction of sp³-hybridized carbons (Fsp3) is 0.235. The molecule has 2 heterocycles. The van der Waals surface area contributed by atoms with Gasteiger partial charge in [0.1, 0.15) is 0 Å². The summed E-state index contributed by atoms with van der Waals surface area (Å²) in [6.45, 7) is 5.95. The highest BCUT2D eigenvalue weighted by Gasteiger charge is 2.17. The number of hydrogen-bond acceptors (Lipinski definition) is 3. The van der Waals surface area contributed by atoms with Crippen LogP contribution in [0.25, 0.3) is 11.0 Å². The van der Waals surface area contributed by atoms with Crippen LogP contribution in [0.1, 0.15) is 35.9 Å². The van der Waals surface area contributed by atoms with E-state index in [2.05, 4.69) is 47.3 Å². The van der Waals surface area contributed by atoms with E-state index in [1.165, 1.54) is 0 Å². The van der Waals surface area contributed by atoms with Gasteiger partial charge in [-0.2, -0.15) is 5.10 Å². The molecule has 24 heavy (non-hydrogen) atoms. The lowest BCUT2D eigenvalue weighted by Crippen LogP contribution is -2.14. The van der Waals surface area contributed by atoms with Crippen molar-refractivity contribution >= 4 is 54.5 Å². The first-order valence-electron chi connectivity index (χ1n) is 7.48. The summed E-state index contributed by atoms with van der Waals surface area (Å²) in [5.41, 5.74) is 2.79. The molecule has 0 bridgehead atoms. The lowest BCUT2D eigenvalue weighted by atomic mass is 10.1. The highest BCUT2D eigenvalue weighted by Crippen LogP contribution is 2.28. The number of carbonyl (C=O) groups is 1. The zero-order valence-corrected chi connectivity index (χ0v) is 16.6. The van der Waals surface area contributed by atoms with Crippen molar-refractivity contribution in [1.82, 2.24) is 14.8 Å². The zero-order chi connectivity index (χ0) is 17.4. The Morgan fingerprint density at radius 2 is 2.00 bits per heavy atom. The highest BCUT2D eigenvalue weighted by atomic mass is 79.9. The largest absolute Gasteiger partial charge is 0.321 e. The molecule has 3 rings (SSSR count). The Hall–Kier alpha value is -1.73. The minimum Gasteiger partial charge on any atom is -0.321 e. The van der Waals surface area contributed by atoms with Crippen molar-refractivity contribution in [2.75, 3.05) is 5.32 Å². The molecule has 0 aliphatic carbocycles. The van der Waals surface area contributed by atoms with Crippen LogP contribution in [0.4, 0.5) is 5.69 Å². The van der Waals surface area contributed by atoms with E-state index in [0.717, 1.165) is 25.7 Å². The predicted molar refractivity (Wildman–Crippen MR) is 102 cm³/mol. The van der Waals surface area contributed by atoms with Crippen LogP contribution in [0.5, 0.6) is 0 Å². The van der Waals surface area contributed by atoms with Crippen molar-refractivity contribution in [2.45, 2.75) is 26.8 Å². The maximum atomic E-state index is 12.8. The molecule has 0 aliphatic heterocycles. The number of pyridine rings is 1. The Bertz CT molecular complexity index is 934. The molecule has 1 amide bonds. The van der Waals surface area contributed by atoms with Gasteiger partial charge in [0.15, 0.2) is 5.65 Å². The number of nitrogens with zero attached hydrogens (tertiary/aromatic N) is 3. The molecule has 0 fully saturated rings. The Kier molecular flexibility index (Phi) is 4.73. The van der Waals surface area contributed by atoms with Gasteiger partial charge in [-0.05, 0) is 61.0 Å². The van der Waals surface area contributed by atoms with E-state index >= 15 is 0 Å². The van der Waals surface area contributed by atoms with Gasteiger partial charge in [0, 0.05) is 20.7 Å². The zero-order valence-electron chi connectivity index (χ0n) is 13.5. The van der Waals surface area contributed by atoms with E-state index in [-0.39, 0.29) is 11.9 Å². The number of fused-ring (bicyclic) bond motifs is 1. The molecule has 0 atom stereocenters. The van der Waals surface area contributed by atoms with Gasteiger partial charge in [0.2, 0.25) is 0 Å². The van der Waals surface area contributed by atoms with Gasteiger partial charge in [0.25, 0.3) is 5.91 Å². The van der Waals surface area contributed by atoms with Crippen LogP contribution >= 0.6 is 31.9 Å². The van der Waals surface area contributed by atoms with Crippen molar-refractivity contribution in [2.24, 2.45) is 0 Å². The number of anilines is 1. The Labute approximate surface area is 156 Å². The second-order valence-electron chi connectivity index (χ2n) is 5.81. The lowest BCUT2D eigenvalue weighted by Gasteiger charge is -2.10. The predicted octanol–water partition coefficient (Wildman–Crippen LogP) is 5.10. The summed E-state index contributed by atoms with van der Waals surface area (Å²) in [6.07, 6.45) is 1.70. The van der Waals surface area contributed by atoms with Crippen molar-refractivity contribution in [1.29, 1.82) is 0 Å². The summed E-state index contributed by atoms with van der Waals surface area (Å²) in [5.74, 6) is -0.183. The Morgan fingerprint density at radius 3 is 2.67 bits per heavy atom. The van der Waals surface area contributed by atoms with Crippen molar-refractivity contribution < 1.29 is 4.79 Å². The fourth-order valence-electron chi connectivity index (χ4n) is 2.49. The van der Waals surface area contributed by atoms with Crippen LogP contribution in [0.3, 0.4) is 0 Å². The summed E-state index contributed by atoms with van der Waals surface area (Å²) in [6, 6.07) is 7.57. The van der Waals surface area contributed by atoms with Crippen LogP contribution in [-0.4, -0.2) is 20.7 Å². The minimum absolute atomic E-state index is 0.174. The number of halogens is 2. The smallest absolute Gasteiger partial charge is 0.256 e. The maximum Gasteiger partial charge on any atom is 0.256 e. The molecule has 7 heteroatoms. The molecule has 1 aromatic carbocycles. The molecule has 5 nitrogen and oxygen atoms in total. The Morgan fingerprint density at radius 1 is 1.25 bits per heavy atom. The van der Waals surface area contributed by atoms with Crippen LogP contribution in [0.15, 0.2) is 39.4 Å². The molecule has 2 aromatic heterocycles. The summed E-state index contributed by atoms with van der Waals surface area (Å²) >= 11 is 6.87. The second kappa shape index (κ2) is 6.64. The number of nitrogens with one attached hydrogen (secondary N) is 1. The van der Waals surface area contributed by atoms with Crippen LogP contribution < -0.4 is 5.32 Å². The topological polar surface area (TPSA) is 59.8 Å². The third-order valence-electron chi connectivity index (χ3n) is 3.61. The Balaban J connectivity index is 2.03. The van der Waals surface area contributed by atoms with Gasteiger partial charge in [0.05, 0.1) is 22.8 Å². The minimum atomic E-state index is -0.183. The number of benzene rings is 1. The number of rotatable bonds is 3. The summed E-state index contributed by atoms with van der Waals surface area (Å²) in [5, 5.41) is 8.06. The summed E-state index contributed by atoms with van der Waals surface area (Å²) in [7, 11) is 0. The molecule has 0 saturated carbocycles. The van der Waals surface area contributed by atoms with Gasteiger partial charge < -0.3 is 5.32 Å². The molecule has 0 aliphatic rings. The van der Waals surface area contributed by atoms with E-state index < -0.39 is 0 Å². The third kappa shape index (κ3) is 3.23. The van der Waals surface area contributed by atoms with Crippen molar-refractivity contribution in [3.8, 4) is 0 Å². The van der Waals surface area contributed by atoms with Gasteiger partial charge in [-0.3, -0.25) is 4.79 Å². The SMILES string of the molecule is Cc1cc(C(=O)Nc2ccc(Br)cc2Br)c2cnn(C(C)C)c2n1. The number of carbonyl (C=O) groups excluding carboxylic acids is 1. The molecule has 3 aromatic rings. The van der Waals surface area contributed by atoms with E-state index in [1.807, 2.05) is 43.7 Å². The van der Waals surface area contributed by atoms with Crippen molar-refractivity contribution in [3.63, 3.8) is 0 Å². The van der Waals surface area contributed by atoms with Gasteiger partial charge in [-0.25, -0.2) is 9.67 Å². The molecular weight excluding hydrogens is 436 g/mol. The maximum absolute atomic E-state index is 12.8. The van der Waals surface area contributed by atoms with Crippen LogP contribution in [0.2, 0.25) is 0 Å². The second-order valence-corrected chi connectivity index (χ2v) is 7.58. The first-order valence-corrected chi connectivity index (χ1v) is 9.06. The first-order chi connectivity index (χ1) is 11.4. The number of hydrogen-bond donors (Lipinski definition) is 1. The first kappa shape index (κ1) is 17.1. The average molecular weight is 452 g/mol. The number of aromatic nitrogens is 3. The average Bonchev–Trinajstić information content (AvgIpc) is 2.92. The normalized spacial score (nSPS) is 11.2. The van der Waals surface area contributed by atoms with Crippen molar-refractivity contribution in [3.05, 3.63) is 50.7 Å². The monoisotopic (exact) mass is 450 g/mol. The highest BCUT2D eigenvalue weighted by molar-refractivity contribution is 9.11. The molecule has 1 N–H and O–H groups in total. The standard InChI is InChI=1S/C17H16Br2N4O/c1-9(2)23-16-13(8-20-23)12(6-10(3)21-16)17(24)22-15-5-4-11(18)7-14(15)19/h4-9H,1-3H3,(H,22,24).